The molecule has 1 aromatic carbocycles. The van der Waals surface area contributed by atoms with Gasteiger partial charge < -0.3 is 4.90 Å². The second-order valence-electron chi connectivity index (χ2n) is 5.77. The Morgan fingerprint density at radius 2 is 2.22 bits per heavy atom. The summed E-state index contributed by atoms with van der Waals surface area (Å²) in [5.41, 5.74) is 0.0745. The van der Waals surface area contributed by atoms with Gasteiger partial charge in [0.25, 0.3) is 0 Å². The van der Waals surface area contributed by atoms with Crippen molar-refractivity contribution < 1.29 is 13.6 Å². The molecular formula is C16H18F2N4O. The number of likely N-dealkylation sites (tertiary alicyclic amines) is 1. The van der Waals surface area contributed by atoms with Gasteiger partial charge in [0.05, 0.1) is 12.5 Å². The maximum Gasteiger partial charge on any atom is 0.227 e. The van der Waals surface area contributed by atoms with Gasteiger partial charge in [-0.1, -0.05) is 12.1 Å². The first-order valence-electron chi connectivity index (χ1n) is 7.67. The van der Waals surface area contributed by atoms with Gasteiger partial charge >= 0.3 is 0 Å². The number of carbonyl (C=O) groups is 1. The minimum Gasteiger partial charge on any atom is -0.332 e. The van der Waals surface area contributed by atoms with Crippen molar-refractivity contribution in [3.63, 3.8) is 0 Å². The van der Waals surface area contributed by atoms with Gasteiger partial charge in [0.15, 0.2) is 17.5 Å². The highest BCUT2D eigenvalue weighted by Crippen LogP contribution is 2.29. The van der Waals surface area contributed by atoms with Crippen molar-refractivity contribution in [1.82, 2.24) is 20.1 Å². The van der Waals surface area contributed by atoms with Crippen LogP contribution >= 0.6 is 0 Å². The molecule has 1 aromatic heterocycles. The van der Waals surface area contributed by atoms with Crippen LogP contribution in [0.1, 0.15) is 42.5 Å². The second kappa shape index (κ2) is 6.44. The van der Waals surface area contributed by atoms with E-state index in [4.69, 9.17) is 0 Å². The lowest BCUT2D eigenvalue weighted by atomic mass is 10.00. The van der Waals surface area contributed by atoms with Crippen LogP contribution in [0, 0.1) is 18.6 Å². The van der Waals surface area contributed by atoms with Crippen molar-refractivity contribution in [3.8, 4) is 0 Å². The summed E-state index contributed by atoms with van der Waals surface area (Å²) in [4.78, 5) is 18.6. The van der Waals surface area contributed by atoms with Gasteiger partial charge in [-0.15, -0.1) is 0 Å². The SMILES string of the molecule is Cc1nc([C@@H]2CCCCN2C(=O)Cc2cccc(F)c2F)n[nH]1. The molecule has 1 atom stereocenters. The molecule has 0 unspecified atom stereocenters. The average Bonchev–Trinajstić information content (AvgIpc) is 2.98. The van der Waals surface area contributed by atoms with Gasteiger partial charge in [0.1, 0.15) is 5.82 Å². The Kier molecular flexibility index (Phi) is 4.36. The number of benzene rings is 1. The van der Waals surface area contributed by atoms with E-state index in [0.29, 0.717) is 18.2 Å². The smallest absolute Gasteiger partial charge is 0.227 e. The van der Waals surface area contributed by atoms with E-state index in [9.17, 15) is 13.6 Å². The molecule has 2 aromatic rings. The number of carbonyl (C=O) groups excluding carboxylic acids is 1. The number of aromatic nitrogens is 3. The van der Waals surface area contributed by atoms with Crippen molar-refractivity contribution in [2.75, 3.05) is 6.54 Å². The quantitative estimate of drug-likeness (QED) is 0.946. The first-order valence-corrected chi connectivity index (χ1v) is 7.67. The molecule has 0 aliphatic carbocycles. The average molecular weight is 320 g/mol. The minimum atomic E-state index is -0.955. The number of nitrogens with zero attached hydrogens (tertiary/aromatic N) is 3. The molecule has 0 saturated carbocycles. The van der Waals surface area contributed by atoms with Crippen LogP contribution in [0.2, 0.25) is 0 Å². The topological polar surface area (TPSA) is 61.9 Å². The maximum absolute atomic E-state index is 13.8. The molecule has 1 N–H and O–H groups in total. The van der Waals surface area contributed by atoms with Crippen molar-refractivity contribution in [2.24, 2.45) is 0 Å². The molecule has 5 nitrogen and oxygen atoms in total. The number of hydrogen-bond donors (Lipinski definition) is 1. The van der Waals surface area contributed by atoms with Crippen molar-refractivity contribution >= 4 is 5.91 Å². The third kappa shape index (κ3) is 3.23. The van der Waals surface area contributed by atoms with Gasteiger partial charge in [-0.2, -0.15) is 5.10 Å². The van der Waals surface area contributed by atoms with Crippen LogP contribution in [-0.2, 0) is 11.2 Å². The van der Waals surface area contributed by atoms with E-state index in [2.05, 4.69) is 15.2 Å². The summed E-state index contributed by atoms with van der Waals surface area (Å²) < 4.78 is 27.1. The molecule has 1 aliphatic rings. The zero-order valence-corrected chi connectivity index (χ0v) is 12.9. The molecule has 122 valence electrons. The van der Waals surface area contributed by atoms with E-state index < -0.39 is 11.6 Å². The number of amides is 1. The fraction of sp³-hybridized carbons (Fsp3) is 0.438. The molecule has 0 bridgehead atoms. The molecule has 1 saturated heterocycles. The highest BCUT2D eigenvalue weighted by atomic mass is 19.2. The van der Waals surface area contributed by atoms with E-state index in [0.717, 1.165) is 25.3 Å². The molecular weight excluding hydrogens is 302 g/mol. The van der Waals surface area contributed by atoms with Crippen LogP contribution in [0.5, 0.6) is 0 Å². The van der Waals surface area contributed by atoms with Crippen LogP contribution < -0.4 is 0 Å². The fourth-order valence-corrected chi connectivity index (χ4v) is 2.96. The Morgan fingerprint density at radius 3 is 2.96 bits per heavy atom. The molecule has 1 aliphatic heterocycles. The van der Waals surface area contributed by atoms with Gasteiger partial charge in [-0.05, 0) is 32.3 Å². The van der Waals surface area contributed by atoms with Crippen molar-refractivity contribution in [3.05, 3.63) is 47.0 Å². The summed E-state index contributed by atoms with van der Waals surface area (Å²) in [7, 11) is 0. The van der Waals surface area contributed by atoms with Crippen LogP contribution in [0.15, 0.2) is 18.2 Å². The first-order chi connectivity index (χ1) is 11.1. The Balaban J connectivity index is 1.80. The summed E-state index contributed by atoms with van der Waals surface area (Å²) in [5, 5.41) is 6.93. The number of halogens is 2. The Labute approximate surface area is 132 Å². The Hall–Kier alpha value is -2.31. The van der Waals surface area contributed by atoms with E-state index in [1.165, 1.54) is 12.1 Å². The predicted octanol–water partition coefficient (Wildman–Crippen LogP) is 2.69. The number of hydrogen-bond acceptors (Lipinski definition) is 3. The number of rotatable bonds is 3. The number of piperidine rings is 1. The standard InChI is InChI=1S/C16H18F2N4O/c1-10-19-16(21-20-10)13-7-2-3-8-22(13)14(23)9-11-5-4-6-12(17)15(11)18/h4-6,13H,2-3,7-9H2,1H3,(H,19,20,21)/t13-/m0/s1. The predicted molar refractivity (Wildman–Crippen MR) is 79.5 cm³/mol. The number of nitrogens with one attached hydrogen (secondary N) is 1. The summed E-state index contributed by atoms with van der Waals surface area (Å²) >= 11 is 0. The lowest BCUT2D eigenvalue weighted by Crippen LogP contribution is -2.40. The molecule has 0 spiro atoms. The van der Waals surface area contributed by atoms with Gasteiger partial charge in [-0.25, -0.2) is 13.8 Å². The molecule has 3 rings (SSSR count). The molecule has 1 amide bonds. The first kappa shape index (κ1) is 15.6. The molecule has 2 heterocycles. The lowest BCUT2D eigenvalue weighted by Gasteiger charge is -2.34. The van der Waals surface area contributed by atoms with E-state index in [1.807, 2.05) is 0 Å². The zero-order chi connectivity index (χ0) is 16.4. The van der Waals surface area contributed by atoms with Crippen LogP contribution in [-0.4, -0.2) is 32.5 Å². The van der Waals surface area contributed by atoms with Gasteiger partial charge in [0, 0.05) is 12.1 Å². The van der Waals surface area contributed by atoms with Crippen molar-refractivity contribution in [2.45, 2.75) is 38.6 Å². The summed E-state index contributed by atoms with van der Waals surface area (Å²) in [5.74, 6) is -0.857. The summed E-state index contributed by atoms with van der Waals surface area (Å²) in [6.45, 7) is 2.38. The Bertz CT molecular complexity index is 716. The Morgan fingerprint density at radius 1 is 1.39 bits per heavy atom. The largest absolute Gasteiger partial charge is 0.332 e. The third-order valence-corrected chi connectivity index (χ3v) is 4.11. The number of aryl methyl sites for hydroxylation is 1. The lowest BCUT2D eigenvalue weighted by molar-refractivity contribution is -0.134. The fourth-order valence-electron chi connectivity index (χ4n) is 2.96. The normalized spacial score (nSPS) is 18.2. The molecule has 23 heavy (non-hydrogen) atoms. The van der Waals surface area contributed by atoms with Crippen LogP contribution in [0.4, 0.5) is 8.78 Å². The second-order valence-corrected chi connectivity index (χ2v) is 5.77. The third-order valence-electron chi connectivity index (χ3n) is 4.11. The molecule has 7 heteroatoms. The van der Waals surface area contributed by atoms with Crippen LogP contribution in [0.3, 0.4) is 0 Å². The monoisotopic (exact) mass is 320 g/mol. The number of aromatic amines is 1. The van der Waals surface area contributed by atoms with Crippen LogP contribution in [0.25, 0.3) is 0 Å². The van der Waals surface area contributed by atoms with E-state index in [1.54, 1.807) is 11.8 Å². The molecule has 1 fully saturated rings. The highest BCUT2D eigenvalue weighted by Gasteiger charge is 2.31. The van der Waals surface area contributed by atoms with E-state index >= 15 is 0 Å². The minimum absolute atomic E-state index is 0.0745. The number of H-pyrrole nitrogens is 1. The molecule has 0 radical (unpaired) electrons. The summed E-state index contributed by atoms with van der Waals surface area (Å²) in [6, 6.07) is 3.68. The van der Waals surface area contributed by atoms with Gasteiger partial charge in [-0.3, -0.25) is 9.89 Å². The van der Waals surface area contributed by atoms with E-state index in [-0.39, 0.29) is 23.9 Å². The highest BCUT2D eigenvalue weighted by molar-refractivity contribution is 5.79. The summed E-state index contributed by atoms with van der Waals surface area (Å²) in [6.07, 6.45) is 2.48. The zero-order valence-electron chi connectivity index (χ0n) is 12.9. The van der Waals surface area contributed by atoms with Gasteiger partial charge in [0.2, 0.25) is 5.91 Å². The maximum atomic E-state index is 13.8. The van der Waals surface area contributed by atoms with Crippen molar-refractivity contribution in [1.29, 1.82) is 0 Å².